The molecule has 0 bridgehead atoms. The van der Waals surface area contributed by atoms with Crippen LogP contribution in [-0.2, 0) is 5.75 Å². The van der Waals surface area contributed by atoms with Gasteiger partial charge in [0.15, 0.2) is 0 Å². The predicted molar refractivity (Wildman–Crippen MR) is 80.4 cm³/mol. The normalized spacial score (nSPS) is 10.8. The van der Waals surface area contributed by atoms with Crippen LogP contribution in [0.4, 0.5) is 4.39 Å². The topological polar surface area (TPSA) is 38.9 Å². The summed E-state index contributed by atoms with van der Waals surface area (Å²) in [6.45, 7) is 2.01. The molecule has 0 spiro atoms. The van der Waals surface area contributed by atoms with E-state index in [1.54, 1.807) is 12.1 Å². The van der Waals surface area contributed by atoms with Crippen molar-refractivity contribution in [2.45, 2.75) is 17.9 Å². The van der Waals surface area contributed by atoms with Crippen LogP contribution in [0.15, 0.2) is 58.2 Å². The molecule has 3 aromatic rings. The Morgan fingerprint density at radius 3 is 2.76 bits per heavy atom. The molecule has 0 aliphatic rings. The van der Waals surface area contributed by atoms with Crippen molar-refractivity contribution in [1.29, 1.82) is 0 Å². The van der Waals surface area contributed by atoms with Gasteiger partial charge in [-0.2, -0.15) is 0 Å². The number of hydrogen-bond donors (Lipinski definition) is 0. The van der Waals surface area contributed by atoms with Crippen LogP contribution in [0.25, 0.3) is 11.5 Å². The summed E-state index contributed by atoms with van der Waals surface area (Å²) in [4.78, 5) is 0. The van der Waals surface area contributed by atoms with Crippen molar-refractivity contribution in [1.82, 2.24) is 10.2 Å². The largest absolute Gasteiger partial charge is 0.411 e. The highest BCUT2D eigenvalue weighted by Gasteiger charge is 2.10. The molecular weight excluding hydrogens is 287 g/mol. The van der Waals surface area contributed by atoms with Gasteiger partial charge in [-0.15, -0.1) is 10.2 Å². The van der Waals surface area contributed by atoms with E-state index in [1.807, 2.05) is 37.3 Å². The van der Waals surface area contributed by atoms with Crippen molar-refractivity contribution >= 4 is 11.8 Å². The molecule has 0 amide bonds. The summed E-state index contributed by atoms with van der Waals surface area (Å²) in [5.41, 5.74) is 2.64. The zero-order chi connectivity index (χ0) is 14.7. The van der Waals surface area contributed by atoms with Gasteiger partial charge in [0.1, 0.15) is 5.82 Å². The van der Waals surface area contributed by atoms with E-state index in [-0.39, 0.29) is 5.82 Å². The van der Waals surface area contributed by atoms with Crippen LogP contribution in [0.2, 0.25) is 0 Å². The number of aromatic nitrogens is 2. The molecule has 0 saturated heterocycles. The molecule has 0 unspecified atom stereocenters. The van der Waals surface area contributed by atoms with Crippen LogP contribution in [0.5, 0.6) is 0 Å². The van der Waals surface area contributed by atoms with E-state index in [9.17, 15) is 4.39 Å². The molecule has 3 nitrogen and oxygen atoms in total. The summed E-state index contributed by atoms with van der Waals surface area (Å²) in [5.74, 6) is 0.723. The number of benzene rings is 2. The minimum atomic E-state index is -0.219. The maximum Gasteiger partial charge on any atom is 0.277 e. The van der Waals surface area contributed by atoms with Crippen molar-refractivity contribution in [2.75, 3.05) is 0 Å². The molecular formula is C16H13FN2OS. The van der Waals surface area contributed by atoms with Crippen LogP contribution >= 0.6 is 11.8 Å². The molecule has 0 saturated carbocycles. The fourth-order valence-electron chi connectivity index (χ4n) is 1.92. The van der Waals surface area contributed by atoms with E-state index in [4.69, 9.17) is 4.42 Å². The second-order valence-corrected chi connectivity index (χ2v) is 5.55. The fraction of sp³-hybridized carbons (Fsp3) is 0.125. The molecule has 0 radical (unpaired) electrons. The minimum Gasteiger partial charge on any atom is -0.411 e. The van der Waals surface area contributed by atoms with E-state index in [0.29, 0.717) is 22.4 Å². The Labute approximate surface area is 126 Å². The smallest absolute Gasteiger partial charge is 0.277 e. The Bertz CT molecular complexity index is 757. The Morgan fingerprint density at radius 2 is 1.95 bits per heavy atom. The molecule has 5 heteroatoms. The van der Waals surface area contributed by atoms with Gasteiger partial charge in [-0.05, 0) is 30.7 Å². The van der Waals surface area contributed by atoms with Crippen LogP contribution in [-0.4, -0.2) is 10.2 Å². The molecule has 106 valence electrons. The van der Waals surface area contributed by atoms with Gasteiger partial charge in [-0.1, -0.05) is 47.7 Å². The number of rotatable bonds is 4. The van der Waals surface area contributed by atoms with Gasteiger partial charge in [-0.3, -0.25) is 0 Å². The van der Waals surface area contributed by atoms with Crippen molar-refractivity contribution in [3.63, 3.8) is 0 Å². The Kier molecular flexibility index (Phi) is 4.01. The Balaban J connectivity index is 1.72. The van der Waals surface area contributed by atoms with E-state index < -0.39 is 0 Å². The highest BCUT2D eigenvalue weighted by molar-refractivity contribution is 7.98. The quantitative estimate of drug-likeness (QED) is 0.666. The summed E-state index contributed by atoms with van der Waals surface area (Å²) in [6.07, 6.45) is 0. The van der Waals surface area contributed by atoms with Crippen molar-refractivity contribution in [2.24, 2.45) is 0 Å². The number of hydrogen-bond acceptors (Lipinski definition) is 4. The van der Waals surface area contributed by atoms with Gasteiger partial charge in [0.05, 0.1) is 0 Å². The maximum absolute atomic E-state index is 13.5. The molecule has 0 atom stereocenters. The third-order valence-electron chi connectivity index (χ3n) is 2.98. The van der Waals surface area contributed by atoms with Crippen LogP contribution < -0.4 is 0 Å². The molecule has 21 heavy (non-hydrogen) atoms. The summed E-state index contributed by atoms with van der Waals surface area (Å²) >= 11 is 1.33. The van der Waals surface area contributed by atoms with Crippen molar-refractivity contribution in [3.05, 3.63) is 65.5 Å². The third-order valence-corrected chi connectivity index (χ3v) is 3.85. The summed E-state index contributed by atoms with van der Waals surface area (Å²) in [5, 5.41) is 8.46. The molecule has 1 heterocycles. The van der Waals surface area contributed by atoms with Gasteiger partial charge in [-0.25, -0.2) is 4.39 Å². The van der Waals surface area contributed by atoms with Crippen molar-refractivity contribution < 1.29 is 8.81 Å². The second kappa shape index (κ2) is 6.10. The van der Waals surface area contributed by atoms with Gasteiger partial charge >= 0.3 is 0 Å². The van der Waals surface area contributed by atoms with Crippen molar-refractivity contribution in [3.8, 4) is 11.5 Å². The molecule has 0 N–H and O–H groups in total. The molecule has 1 aromatic heterocycles. The first-order chi connectivity index (χ1) is 10.2. The van der Waals surface area contributed by atoms with Gasteiger partial charge in [0.2, 0.25) is 5.89 Å². The standard InChI is InChI=1S/C16H13FN2OS/c1-11-5-4-7-12(9-11)15-18-19-16(20-15)21-10-13-6-2-3-8-14(13)17/h2-9H,10H2,1H3. The number of halogens is 1. The third kappa shape index (κ3) is 3.31. The molecule has 0 aliphatic carbocycles. The maximum atomic E-state index is 13.5. The zero-order valence-corrected chi connectivity index (χ0v) is 12.2. The first kappa shape index (κ1) is 13.8. The number of thioether (sulfide) groups is 1. The van der Waals surface area contributed by atoms with E-state index >= 15 is 0 Å². The zero-order valence-electron chi connectivity index (χ0n) is 11.4. The first-order valence-corrected chi connectivity index (χ1v) is 7.48. The molecule has 3 rings (SSSR count). The monoisotopic (exact) mass is 300 g/mol. The Morgan fingerprint density at radius 1 is 1.10 bits per heavy atom. The second-order valence-electron chi connectivity index (χ2n) is 4.62. The van der Waals surface area contributed by atoms with Crippen LogP contribution in [0.3, 0.4) is 0 Å². The van der Waals surface area contributed by atoms with Gasteiger partial charge in [0, 0.05) is 11.3 Å². The van der Waals surface area contributed by atoms with Crippen LogP contribution in [0, 0.1) is 12.7 Å². The lowest BCUT2D eigenvalue weighted by molar-refractivity contribution is 0.465. The summed E-state index contributed by atoms with van der Waals surface area (Å²) in [7, 11) is 0. The minimum absolute atomic E-state index is 0.219. The van der Waals surface area contributed by atoms with Gasteiger partial charge in [0.25, 0.3) is 5.22 Å². The predicted octanol–water partition coefficient (Wildman–Crippen LogP) is 4.48. The lowest BCUT2D eigenvalue weighted by atomic mass is 10.1. The lowest BCUT2D eigenvalue weighted by Gasteiger charge is -1.99. The Hall–Kier alpha value is -2.14. The number of aryl methyl sites for hydroxylation is 1. The van der Waals surface area contributed by atoms with E-state index in [1.165, 1.54) is 17.8 Å². The highest BCUT2D eigenvalue weighted by Crippen LogP contribution is 2.26. The number of nitrogens with zero attached hydrogens (tertiary/aromatic N) is 2. The van der Waals surface area contributed by atoms with E-state index in [2.05, 4.69) is 10.2 Å². The molecule has 2 aromatic carbocycles. The summed E-state index contributed by atoms with van der Waals surface area (Å²) < 4.78 is 19.1. The highest BCUT2D eigenvalue weighted by atomic mass is 32.2. The average Bonchev–Trinajstić information content (AvgIpc) is 2.95. The average molecular weight is 300 g/mol. The van der Waals surface area contributed by atoms with Crippen LogP contribution in [0.1, 0.15) is 11.1 Å². The van der Waals surface area contributed by atoms with E-state index in [0.717, 1.165) is 11.1 Å². The molecule has 0 aliphatic heterocycles. The van der Waals surface area contributed by atoms with Gasteiger partial charge < -0.3 is 4.42 Å². The molecule has 0 fully saturated rings. The summed E-state index contributed by atoms with van der Waals surface area (Å²) in [6, 6.07) is 14.5. The SMILES string of the molecule is Cc1cccc(-c2nnc(SCc3ccccc3F)o2)c1. The fourth-order valence-corrected chi connectivity index (χ4v) is 2.67. The lowest BCUT2D eigenvalue weighted by Crippen LogP contribution is -1.86. The first-order valence-electron chi connectivity index (χ1n) is 6.49.